The quantitative estimate of drug-likeness (QED) is 0.150. The number of rotatable bonds is 8. The fraction of sp³-hybridized carbons (Fsp3) is 0.846. The predicted molar refractivity (Wildman–Crippen MR) is 190 cm³/mol. The Labute approximate surface area is 296 Å². The highest BCUT2D eigenvalue weighted by Gasteiger charge is 2.53. The Morgan fingerprint density at radius 3 is 2.24 bits per heavy atom. The molecular weight excluding hydrogens is 641 g/mol. The number of allylic oxidation sites excluding steroid dienone is 4. The number of carbonyl (C=O) groups excluding carboxylic acids is 2. The number of hydrogen-bond acceptors (Lipinski definition) is 9. The van der Waals surface area contributed by atoms with Gasteiger partial charge < -0.3 is 32.8 Å². The molecule has 10 heteroatoms. The van der Waals surface area contributed by atoms with E-state index in [2.05, 4.69) is 65.9 Å². The van der Waals surface area contributed by atoms with E-state index in [-0.39, 0.29) is 83.5 Å². The zero-order chi connectivity index (χ0) is 35.8. The van der Waals surface area contributed by atoms with Crippen molar-refractivity contribution in [2.45, 2.75) is 154 Å². The molecule has 49 heavy (non-hydrogen) atoms. The Hall–Kier alpha value is -1.40. The highest BCUT2D eigenvalue weighted by atomic mass is 28.4. The first-order chi connectivity index (χ1) is 23.1. The number of Topliss-reactive ketones (excluding diaryl/α,β-unsaturated/α-hetero) is 1. The Morgan fingerprint density at radius 2 is 1.61 bits per heavy atom. The van der Waals surface area contributed by atoms with Crippen LogP contribution >= 0.6 is 0 Å². The maximum absolute atomic E-state index is 14.6. The molecule has 0 aromatic carbocycles. The summed E-state index contributed by atoms with van der Waals surface area (Å²) in [5.74, 6) is 0.262. The van der Waals surface area contributed by atoms with Crippen molar-refractivity contribution in [3.63, 3.8) is 0 Å². The van der Waals surface area contributed by atoms with E-state index in [0.29, 0.717) is 11.8 Å². The molecule has 0 amide bonds. The summed E-state index contributed by atoms with van der Waals surface area (Å²) >= 11 is 0. The Morgan fingerprint density at radius 1 is 0.918 bits per heavy atom. The summed E-state index contributed by atoms with van der Waals surface area (Å²) in [6, 6.07) is 0. The van der Waals surface area contributed by atoms with Gasteiger partial charge in [0.05, 0.1) is 24.7 Å². The van der Waals surface area contributed by atoms with Crippen LogP contribution in [0.5, 0.6) is 0 Å². The van der Waals surface area contributed by atoms with Crippen molar-refractivity contribution in [3.8, 4) is 0 Å². The molecule has 2 heterocycles. The maximum atomic E-state index is 14.6. The van der Waals surface area contributed by atoms with E-state index < -0.39 is 20.7 Å². The molecule has 5 aliphatic rings. The first-order valence-electron chi connectivity index (χ1n) is 18.8. The molecule has 0 bridgehead atoms. The number of carbonyl (C=O) groups is 2. The minimum Gasteiger partial charge on any atom is -0.462 e. The van der Waals surface area contributed by atoms with E-state index in [0.717, 1.165) is 44.1 Å². The van der Waals surface area contributed by atoms with Gasteiger partial charge in [-0.3, -0.25) is 9.59 Å². The van der Waals surface area contributed by atoms with E-state index in [1.54, 1.807) is 21.3 Å². The van der Waals surface area contributed by atoms with Gasteiger partial charge in [0.25, 0.3) is 0 Å². The molecule has 2 saturated heterocycles. The van der Waals surface area contributed by atoms with Crippen molar-refractivity contribution < 1.29 is 42.4 Å². The molecular formula is C39H64O9Si. The average Bonchev–Trinajstić information content (AvgIpc) is 3.62. The van der Waals surface area contributed by atoms with Crippen LogP contribution in [0.4, 0.5) is 0 Å². The lowest BCUT2D eigenvalue weighted by atomic mass is 9.70. The van der Waals surface area contributed by atoms with E-state index in [1.165, 1.54) is 0 Å². The summed E-state index contributed by atoms with van der Waals surface area (Å²) in [6.45, 7) is 17.4. The zero-order valence-electron chi connectivity index (χ0n) is 31.9. The molecule has 278 valence electrons. The number of hydrogen-bond donors (Lipinski definition) is 0. The normalized spacial score (nSPS) is 42.0. The van der Waals surface area contributed by atoms with Gasteiger partial charge in [-0.15, -0.1) is 0 Å². The summed E-state index contributed by atoms with van der Waals surface area (Å²) in [4.78, 5) is 28.1. The van der Waals surface area contributed by atoms with Crippen LogP contribution in [-0.2, 0) is 42.4 Å². The molecule has 2 aliphatic heterocycles. The summed E-state index contributed by atoms with van der Waals surface area (Å²) in [7, 11) is 2.84. The minimum atomic E-state index is -2.14. The van der Waals surface area contributed by atoms with Crippen molar-refractivity contribution in [3.05, 3.63) is 23.8 Å². The highest BCUT2D eigenvalue weighted by Crippen LogP contribution is 2.54. The van der Waals surface area contributed by atoms with Gasteiger partial charge >= 0.3 is 5.97 Å². The average molecular weight is 705 g/mol. The molecule has 3 aliphatic carbocycles. The molecule has 14 atom stereocenters. The van der Waals surface area contributed by atoms with Crippen molar-refractivity contribution >= 4 is 20.1 Å². The third kappa shape index (κ3) is 8.01. The number of ketones is 1. The molecule has 1 saturated carbocycles. The third-order valence-corrected chi connectivity index (χ3v) is 17.4. The van der Waals surface area contributed by atoms with Crippen molar-refractivity contribution in [2.24, 2.45) is 35.5 Å². The smallest absolute Gasteiger partial charge is 0.306 e. The Bertz CT molecular complexity index is 1230. The second kappa shape index (κ2) is 15.7. The van der Waals surface area contributed by atoms with Crippen LogP contribution in [0, 0.1) is 35.5 Å². The van der Waals surface area contributed by atoms with Gasteiger partial charge in [-0.25, -0.2) is 0 Å². The second-order valence-electron chi connectivity index (χ2n) is 16.9. The fourth-order valence-corrected chi connectivity index (χ4v) is 10.4. The standard InChI is InChI=1S/C39H64O9Si/c1-12-25-14-13-15-32(48-49(10,11)39(4,5)6)22(2)34(41)31-20-29-27(30(31)21-33(40)46-25)17-16-24-18-26(19-28(24)29)47-38-37(44-9)36(43-8)35(42-7)23(3)45-38/h16-17,20,22-30,32,35-38H,12-15,18-19,21H2,1-11H3/t22-,23+,24-,25+,26+,27-,28-,29-,30+,32?,35+,36-,37-,38+/m1/s1. The number of ether oxygens (including phenoxy) is 6. The van der Waals surface area contributed by atoms with Gasteiger partial charge in [-0.05, 0) is 92.8 Å². The zero-order valence-corrected chi connectivity index (χ0v) is 32.9. The van der Waals surface area contributed by atoms with Crippen LogP contribution in [0.15, 0.2) is 23.8 Å². The van der Waals surface area contributed by atoms with E-state index in [1.807, 2.05) is 6.92 Å². The lowest BCUT2D eigenvalue weighted by molar-refractivity contribution is -0.314. The van der Waals surface area contributed by atoms with Crippen molar-refractivity contribution in [1.82, 2.24) is 0 Å². The van der Waals surface area contributed by atoms with Crippen LogP contribution in [0.2, 0.25) is 18.1 Å². The molecule has 0 N–H and O–H groups in total. The van der Waals surface area contributed by atoms with Crippen molar-refractivity contribution in [1.29, 1.82) is 0 Å². The first kappa shape index (κ1) is 38.8. The number of fused-ring (bicyclic) bond motifs is 5. The molecule has 0 spiro atoms. The van der Waals surface area contributed by atoms with Crippen LogP contribution in [-0.4, -0.2) is 90.4 Å². The molecule has 5 rings (SSSR count). The van der Waals surface area contributed by atoms with Gasteiger partial charge in [0.15, 0.2) is 20.4 Å². The fourth-order valence-electron chi connectivity index (χ4n) is 9.02. The lowest BCUT2D eigenvalue weighted by Gasteiger charge is -2.44. The van der Waals surface area contributed by atoms with Crippen LogP contribution in [0.25, 0.3) is 0 Å². The van der Waals surface area contributed by atoms with E-state index in [4.69, 9.17) is 32.8 Å². The SMILES string of the molecule is CC[C@H]1CCCC(O[Si](C)(C)C(C)(C)C)[C@@H](C)C(=O)C2=C[C@@H]3[C@@H](C=C[C@@H]4C[C@H](O[C@@H]5O[C@@H](C)[C@H](OC)[C@@H](OC)[C@H]5OC)C[C@@H]34)[C@@H]2CC(=O)O1. The van der Waals surface area contributed by atoms with Gasteiger partial charge in [0.1, 0.15) is 24.4 Å². The number of esters is 1. The van der Waals surface area contributed by atoms with Crippen LogP contribution in [0.1, 0.15) is 86.5 Å². The van der Waals surface area contributed by atoms with Crippen LogP contribution < -0.4 is 0 Å². The van der Waals surface area contributed by atoms with Crippen LogP contribution in [0.3, 0.4) is 0 Å². The van der Waals surface area contributed by atoms with Gasteiger partial charge in [0.2, 0.25) is 0 Å². The number of cyclic esters (lactones) is 1. The molecule has 0 aromatic rings. The maximum Gasteiger partial charge on any atom is 0.306 e. The summed E-state index contributed by atoms with van der Waals surface area (Å²) in [5, 5.41) is 0.0336. The van der Waals surface area contributed by atoms with Gasteiger partial charge in [-0.1, -0.05) is 52.8 Å². The minimum absolute atomic E-state index is 0.0336. The van der Waals surface area contributed by atoms with Crippen molar-refractivity contribution in [2.75, 3.05) is 21.3 Å². The molecule has 0 aromatic heterocycles. The second-order valence-corrected chi connectivity index (χ2v) is 21.6. The van der Waals surface area contributed by atoms with Gasteiger partial charge in [-0.2, -0.15) is 0 Å². The van der Waals surface area contributed by atoms with E-state index >= 15 is 0 Å². The Kier molecular flexibility index (Phi) is 12.4. The van der Waals surface area contributed by atoms with Gasteiger partial charge in [0, 0.05) is 33.2 Å². The molecule has 3 fully saturated rings. The summed E-state index contributed by atoms with van der Waals surface area (Å²) in [5.41, 5.74) is 0.795. The summed E-state index contributed by atoms with van der Waals surface area (Å²) in [6.07, 6.45) is 9.81. The predicted octanol–water partition coefficient (Wildman–Crippen LogP) is 7.04. The first-order valence-corrected chi connectivity index (χ1v) is 21.8. The molecule has 1 unspecified atom stereocenters. The molecule has 0 radical (unpaired) electrons. The van der Waals surface area contributed by atoms with E-state index in [9.17, 15) is 9.59 Å². The largest absolute Gasteiger partial charge is 0.462 e. The summed E-state index contributed by atoms with van der Waals surface area (Å²) < 4.78 is 43.4. The lowest BCUT2D eigenvalue weighted by Crippen LogP contribution is -2.59. The highest BCUT2D eigenvalue weighted by molar-refractivity contribution is 6.74. The molecule has 9 nitrogen and oxygen atoms in total. The third-order valence-electron chi connectivity index (χ3n) is 12.9. The monoisotopic (exact) mass is 704 g/mol. The topological polar surface area (TPSA) is 98.8 Å². The Balaban J connectivity index is 1.39. The number of methoxy groups -OCH3 is 3.